The first-order valence-corrected chi connectivity index (χ1v) is 5.31. The molecule has 0 aromatic rings. The predicted octanol–water partition coefficient (Wildman–Crippen LogP) is 0.772. The topological polar surface area (TPSA) is 52.3 Å². The fourth-order valence-electron chi connectivity index (χ4n) is 1.62. The van der Waals surface area contributed by atoms with Gasteiger partial charge in [-0.15, -0.1) is 0 Å². The summed E-state index contributed by atoms with van der Waals surface area (Å²) >= 11 is 1.77. The van der Waals surface area contributed by atoms with Crippen molar-refractivity contribution in [2.75, 3.05) is 13.4 Å². The van der Waals surface area contributed by atoms with Crippen LogP contribution in [0.5, 0.6) is 0 Å². The van der Waals surface area contributed by atoms with Gasteiger partial charge in [0.25, 0.3) is 0 Å². The molecule has 1 rings (SSSR count). The van der Waals surface area contributed by atoms with Gasteiger partial charge in [-0.25, -0.2) is 0 Å². The zero-order valence-corrected chi connectivity index (χ0v) is 8.32. The zero-order chi connectivity index (χ0) is 9.19. The minimum atomic E-state index is -0.706. The quantitative estimate of drug-likeness (QED) is 0.652. The van der Waals surface area contributed by atoms with Crippen molar-refractivity contribution in [3.63, 3.8) is 0 Å². The third-order valence-corrected chi connectivity index (χ3v) is 3.50. The molecule has 4 heteroatoms. The summed E-state index contributed by atoms with van der Waals surface area (Å²) in [6.07, 6.45) is 4.58. The highest BCUT2D eigenvalue weighted by molar-refractivity contribution is 7.99. The standard InChI is InChI=1S/C8H15NO2S/c1-11-7(10)8(9)4-3-6(5-8)12-2/h6H,3-5,9H2,1-2H3. The SMILES string of the molecule is COC(=O)C1(N)CCC(SC)C1. The summed E-state index contributed by atoms with van der Waals surface area (Å²) in [6, 6.07) is 0. The molecule has 2 unspecified atom stereocenters. The number of ether oxygens (including phenoxy) is 1. The van der Waals surface area contributed by atoms with Gasteiger partial charge in [0.1, 0.15) is 5.54 Å². The number of esters is 1. The van der Waals surface area contributed by atoms with Crippen molar-refractivity contribution in [3.05, 3.63) is 0 Å². The summed E-state index contributed by atoms with van der Waals surface area (Å²) in [6.45, 7) is 0. The van der Waals surface area contributed by atoms with Gasteiger partial charge in [-0.1, -0.05) is 0 Å². The Balaban J connectivity index is 2.57. The van der Waals surface area contributed by atoms with Crippen molar-refractivity contribution < 1.29 is 9.53 Å². The predicted molar refractivity (Wildman–Crippen MR) is 50.1 cm³/mol. The van der Waals surface area contributed by atoms with E-state index in [1.807, 2.05) is 6.26 Å². The van der Waals surface area contributed by atoms with Crippen LogP contribution in [0.4, 0.5) is 0 Å². The summed E-state index contributed by atoms with van der Waals surface area (Å²) in [7, 11) is 1.39. The van der Waals surface area contributed by atoms with E-state index in [0.717, 1.165) is 19.3 Å². The minimum absolute atomic E-state index is 0.265. The zero-order valence-electron chi connectivity index (χ0n) is 7.50. The maximum Gasteiger partial charge on any atom is 0.325 e. The number of rotatable bonds is 2. The number of thioether (sulfide) groups is 1. The second-order valence-electron chi connectivity index (χ2n) is 3.25. The molecule has 0 spiro atoms. The van der Waals surface area contributed by atoms with Crippen LogP contribution < -0.4 is 5.73 Å². The molecule has 0 radical (unpaired) electrons. The summed E-state index contributed by atoms with van der Waals surface area (Å²) in [4.78, 5) is 11.2. The van der Waals surface area contributed by atoms with Crippen molar-refractivity contribution in [1.82, 2.24) is 0 Å². The highest BCUT2D eigenvalue weighted by Gasteiger charge is 2.42. The number of carbonyl (C=O) groups is 1. The number of carbonyl (C=O) groups excluding carboxylic acids is 1. The van der Waals surface area contributed by atoms with Crippen LogP contribution in [0, 0.1) is 0 Å². The smallest absolute Gasteiger partial charge is 0.325 e. The summed E-state index contributed by atoms with van der Waals surface area (Å²) < 4.78 is 4.66. The molecule has 12 heavy (non-hydrogen) atoms. The summed E-state index contributed by atoms with van der Waals surface area (Å²) in [5.41, 5.74) is 5.19. The lowest BCUT2D eigenvalue weighted by atomic mass is 10.00. The van der Waals surface area contributed by atoms with Crippen LogP contribution in [-0.2, 0) is 9.53 Å². The van der Waals surface area contributed by atoms with Gasteiger partial charge >= 0.3 is 5.97 Å². The Labute approximate surface area is 77.0 Å². The molecule has 70 valence electrons. The van der Waals surface area contributed by atoms with E-state index < -0.39 is 5.54 Å². The molecule has 0 bridgehead atoms. The van der Waals surface area contributed by atoms with Crippen LogP contribution in [-0.4, -0.2) is 30.1 Å². The minimum Gasteiger partial charge on any atom is -0.468 e. The maximum absolute atomic E-state index is 11.2. The second kappa shape index (κ2) is 3.66. The van der Waals surface area contributed by atoms with Crippen LogP contribution in [0.3, 0.4) is 0 Å². The van der Waals surface area contributed by atoms with E-state index in [4.69, 9.17) is 5.73 Å². The molecule has 1 saturated carbocycles. The molecule has 2 N–H and O–H groups in total. The van der Waals surface area contributed by atoms with Gasteiger partial charge in [0.15, 0.2) is 0 Å². The van der Waals surface area contributed by atoms with Gasteiger partial charge in [0.2, 0.25) is 0 Å². The summed E-state index contributed by atoms with van der Waals surface area (Å²) in [5.74, 6) is -0.265. The van der Waals surface area contributed by atoms with Crippen molar-refractivity contribution in [1.29, 1.82) is 0 Å². The fourth-order valence-corrected chi connectivity index (χ4v) is 2.44. The van der Waals surface area contributed by atoms with Gasteiger partial charge in [-0.05, 0) is 25.5 Å². The molecule has 1 fully saturated rings. The molecule has 1 aliphatic carbocycles. The Kier molecular flexibility index (Phi) is 3.01. The highest BCUT2D eigenvalue weighted by Crippen LogP contribution is 2.34. The molecule has 0 heterocycles. The van der Waals surface area contributed by atoms with Crippen LogP contribution in [0.2, 0.25) is 0 Å². The molecule has 1 aliphatic rings. The van der Waals surface area contributed by atoms with Crippen molar-refractivity contribution in [3.8, 4) is 0 Å². The van der Waals surface area contributed by atoms with Crippen molar-refractivity contribution in [2.24, 2.45) is 5.73 Å². The van der Waals surface area contributed by atoms with Crippen molar-refractivity contribution >= 4 is 17.7 Å². The Morgan fingerprint density at radius 2 is 2.42 bits per heavy atom. The largest absolute Gasteiger partial charge is 0.468 e. The van der Waals surface area contributed by atoms with E-state index in [1.165, 1.54) is 7.11 Å². The molecule has 0 saturated heterocycles. The molecule has 0 aromatic heterocycles. The van der Waals surface area contributed by atoms with Crippen LogP contribution >= 0.6 is 11.8 Å². The lowest BCUT2D eigenvalue weighted by molar-refractivity contribution is -0.146. The van der Waals surface area contributed by atoms with Gasteiger partial charge in [-0.3, -0.25) is 4.79 Å². The lowest BCUT2D eigenvalue weighted by Gasteiger charge is -2.20. The monoisotopic (exact) mass is 189 g/mol. The van der Waals surface area contributed by atoms with E-state index >= 15 is 0 Å². The average molecular weight is 189 g/mol. The van der Waals surface area contributed by atoms with E-state index in [0.29, 0.717) is 5.25 Å². The molecular weight excluding hydrogens is 174 g/mol. The molecule has 0 amide bonds. The lowest BCUT2D eigenvalue weighted by Crippen LogP contribution is -2.46. The average Bonchev–Trinajstić information content (AvgIpc) is 2.47. The second-order valence-corrected chi connectivity index (χ2v) is 4.39. The van der Waals surface area contributed by atoms with E-state index in [1.54, 1.807) is 11.8 Å². The first-order valence-electron chi connectivity index (χ1n) is 4.02. The van der Waals surface area contributed by atoms with Crippen molar-refractivity contribution in [2.45, 2.75) is 30.1 Å². The van der Waals surface area contributed by atoms with Crippen LogP contribution in [0.1, 0.15) is 19.3 Å². The first-order chi connectivity index (χ1) is 5.62. The van der Waals surface area contributed by atoms with E-state index in [2.05, 4.69) is 4.74 Å². The fraction of sp³-hybridized carbons (Fsp3) is 0.875. The number of methoxy groups -OCH3 is 1. The van der Waals surface area contributed by atoms with Gasteiger partial charge in [0.05, 0.1) is 7.11 Å². The van der Waals surface area contributed by atoms with Crippen LogP contribution in [0.15, 0.2) is 0 Å². The molecular formula is C8H15NO2S. The Morgan fingerprint density at radius 1 is 1.75 bits per heavy atom. The van der Waals surface area contributed by atoms with E-state index in [9.17, 15) is 4.79 Å². The normalized spacial score (nSPS) is 35.1. The molecule has 2 atom stereocenters. The maximum atomic E-state index is 11.2. The molecule has 3 nitrogen and oxygen atoms in total. The third kappa shape index (κ3) is 1.75. The highest BCUT2D eigenvalue weighted by atomic mass is 32.2. The third-order valence-electron chi connectivity index (χ3n) is 2.43. The van der Waals surface area contributed by atoms with Gasteiger partial charge in [-0.2, -0.15) is 11.8 Å². The Bertz CT molecular complexity index is 186. The number of nitrogens with two attached hydrogens (primary N) is 1. The Hall–Kier alpha value is -0.220. The van der Waals surface area contributed by atoms with Gasteiger partial charge in [0, 0.05) is 5.25 Å². The van der Waals surface area contributed by atoms with E-state index in [-0.39, 0.29) is 5.97 Å². The molecule has 0 aliphatic heterocycles. The Morgan fingerprint density at radius 3 is 2.83 bits per heavy atom. The summed E-state index contributed by atoms with van der Waals surface area (Å²) in [5, 5.41) is 0.522. The first kappa shape index (κ1) is 9.86. The number of hydrogen-bond acceptors (Lipinski definition) is 4. The molecule has 0 aromatic carbocycles. The number of hydrogen-bond donors (Lipinski definition) is 1. The van der Waals surface area contributed by atoms with Gasteiger partial charge < -0.3 is 10.5 Å². The van der Waals surface area contributed by atoms with Crippen LogP contribution in [0.25, 0.3) is 0 Å².